The van der Waals surface area contributed by atoms with Crippen LogP contribution < -0.4 is 4.74 Å². The Morgan fingerprint density at radius 2 is 2.06 bits per heavy atom. The molecule has 0 spiro atoms. The van der Waals surface area contributed by atoms with Gasteiger partial charge in [-0.15, -0.1) is 11.3 Å². The van der Waals surface area contributed by atoms with Crippen molar-refractivity contribution in [3.05, 3.63) is 52.2 Å². The van der Waals surface area contributed by atoms with Crippen LogP contribution in [0.4, 0.5) is 0 Å². The first-order valence-electron chi connectivity index (χ1n) is 5.58. The van der Waals surface area contributed by atoms with Crippen molar-refractivity contribution in [1.82, 2.24) is 0 Å². The lowest BCUT2D eigenvalue weighted by Gasteiger charge is -2.09. The minimum Gasteiger partial charge on any atom is -0.487 e. The molecule has 0 aliphatic carbocycles. The summed E-state index contributed by atoms with van der Waals surface area (Å²) in [6.45, 7) is 2.38. The van der Waals surface area contributed by atoms with Gasteiger partial charge in [0.25, 0.3) is 0 Å². The Morgan fingerprint density at radius 1 is 1.24 bits per heavy atom. The first-order valence-corrected chi connectivity index (χ1v) is 6.46. The Kier molecular flexibility index (Phi) is 3.94. The Morgan fingerprint density at radius 3 is 2.76 bits per heavy atom. The van der Waals surface area contributed by atoms with Gasteiger partial charge in [-0.2, -0.15) is 0 Å². The molecule has 0 aliphatic rings. The molecule has 0 N–H and O–H groups in total. The summed E-state index contributed by atoms with van der Waals surface area (Å²) in [6, 6.07) is 11.4. The Hall–Kier alpha value is -1.61. The number of ketones is 1. The van der Waals surface area contributed by atoms with Gasteiger partial charge >= 0.3 is 0 Å². The minimum absolute atomic E-state index is 0.117. The average molecular weight is 246 g/mol. The molecule has 0 bridgehead atoms. The molecule has 0 unspecified atom stereocenters. The third-order valence-corrected chi connectivity index (χ3v) is 3.31. The molecular formula is C14H14O2S. The number of hydrogen-bond acceptors (Lipinski definition) is 3. The molecule has 2 aromatic rings. The monoisotopic (exact) mass is 246 g/mol. The van der Waals surface area contributed by atoms with Gasteiger partial charge in [-0.1, -0.05) is 25.1 Å². The number of hydrogen-bond donors (Lipinski definition) is 0. The summed E-state index contributed by atoms with van der Waals surface area (Å²) < 4.78 is 5.69. The fourth-order valence-corrected chi connectivity index (χ4v) is 2.17. The second kappa shape index (κ2) is 5.64. The molecule has 2 nitrogen and oxygen atoms in total. The number of rotatable bonds is 5. The first kappa shape index (κ1) is 11.9. The van der Waals surface area contributed by atoms with E-state index in [9.17, 15) is 4.79 Å². The third kappa shape index (κ3) is 2.94. The van der Waals surface area contributed by atoms with Gasteiger partial charge in [0.05, 0.1) is 5.56 Å². The zero-order chi connectivity index (χ0) is 12.1. The number of carbonyl (C=O) groups excluding carboxylic acids is 1. The molecule has 0 saturated heterocycles. The Bertz CT molecular complexity index is 489. The maximum absolute atomic E-state index is 11.7. The van der Waals surface area contributed by atoms with Crippen LogP contribution in [0.2, 0.25) is 0 Å². The minimum atomic E-state index is 0.117. The molecule has 88 valence electrons. The fourth-order valence-electron chi connectivity index (χ4n) is 1.56. The quantitative estimate of drug-likeness (QED) is 0.747. The predicted molar refractivity (Wildman–Crippen MR) is 69.7 cm³/mol. The number of carbonyl (C=O) groups is 1. The Balaban J connectivity index is 2.12. The fraction of sp³-hybridized carbons (Fsp3) is 0.214. The summed E-state index contributed by atoms with van der Waals surface area (Å²) in [6.07, 6.45) is 0.499. The molecule has 0 aliphatic heterocycles. The summed E-state index contributed by atoms with van der Waals surface area (Å²) in [4.78, 5) is 12.9. The highest BCUT2D eigenvalue weighted by atomic mass is 32.1. The van der Waals surface area contributed by atoms with Gasteiger partial charge in [-0.05, 0) is 23.6 Å². The smallest absolute Gasteiger partial charge is 0.166 e. The van der Waals surface area contributed by atoms with E-state index in [2.05, 4.69) is 0 Å². The number of thiophene rings is 1. The number of Topliss-reactive ketones (excluding diaryl/α,β-unsaturated/α-hetero) is 1. The highest BCUT2D eigenvalue weighted by Crippen LogP contribution is 2.21. The van der Waals surface area contributed by atoms with Crippen LogP contribution >= 0.6 is 11.3 Å². The lowest BCUT2D eigenvalue weighted by Crippen LogP contribution is -2.02. The average Bonchev–Trinajstić information content (AvgIpc) is 2.89. The molecule has 1 heterocycles. The molecule has 0 amide bonds. The van der Waals surface area contributed by atoms with Crippen molar-refractivity contribution in [1.29, 1.82) is 0 Å². The van der Waals surface area contributed by atoms with E-state index < -0.39 is 0 Å². The van der Waals surface area contributed by atoms with E-state index in [4.69, 9.17) is 4.74 Å². The maximum atomic E-state index is 11.7. The van der Waals surface area contributed by atoms with Crippen molar-refractivity contribution in [2.45, 2.75) is 20.0 Å². The van der Waals surface area contributed by atoms with Crippen LogP contribution in [-0.2, 0) is 6.61 Å². The molecule has 0 saturated carbocycles. The van der Waals surface area contributed by atoms with Crippen molar-refractivity contribution in [3.63, 3.8) is 0 Å². The van der Waals surface area contributed by atoms with Gasteiger partial charge in [0, 0.05) is 11.3 Å². The number of para-hydroxylation sites is 1. The van der Waals surface area contributed by atoms with E-state index in [1.165, 1.54) is 0 Å². The van der Waals surface area contributed by atoms with Crippen LogP contribution in [0.5, 0.6) is 5.75 Å². The van der Waals surface area contributed by atoms with Crippen molar-refractivity contribution in [2.24, 2.45) is 0 Å². The van der Waals surface area contributed by atoms with E-state index in [0.717, 1.165) is 4.88 Å². The van der Waals surface area contributed by atoms with Gasteiger partial charge in [0.2, 0.25) is 0 Å². The van der Waals surface area contributed by atoms with Crippen LogP contribution in [0.15, 0.2) is 41.8 Å². The van der Waals surface area contributed by atoms with Crippen LogP contribution in [0.3, 0.4) is 0 Å². The molecule has 17 heavy (non-hydrogen) atoms. The van der Waals surface area contributed by atoms with Crippen molar-refractivity contribution >= 4 is 17.1 Å². The summed E-state index contributed by atoms with van der Waals surface area (Å²) in [5.74, 6) is 0.791. The highest BCUT2D eigenvalue weighted by molar-refractivity contribution is 7.09. The van der Waals surface area contributed by atoms with Crippen LogP contribution in [-0.4, -0.2) is 5.78 Å². The van der Waals surface area contributed by atoms with Crippen LogP contribution in [0, 0.1) is 0 Å². The van der Waals surface area contributed by atoms with Gasteiger partial charge < -0.3 is 4.74 Å². The van der Waals surface area contributed by atoms with Crippen LogP contribution in [0.25, 0.3) is 0 Å². The second-order valence-electron chi connectivity index (χ2n) is 3.64. The first-order chi connectivity index (χ1) is 8.31. The lowest BCUT2D eigenvalue weighted by atomic mass is 10.1. The highest BCUT2D eigenvalue weighted by Gasteiger charge is 2.09. The zero-order valence-electron chi connectivity index (χ0n) is 9.68. The SMILES string of the molecule is CCC(=O)c1ccccc1OCc1cccs1. The molecule has 0 radical (unpaired) electrons. The third-order valence-electron chi connectivity index (χ3n) is 2.46. The van der Waals surface area contributed by atoms with E-state index in [1.807, 2.05) is 48.7 Å². The largest absolute Gasteiger partial charge is 0.487 e. The summed E-state index contributed by atoms with van der Waals surface area (Å²) >= 11 is 1.65. The van der Waals surface area contributed by atoms with Gasteiger partial charge in [-0.3, -0.25) is 4.79 Å². The standard InChI is InChI=1S/C14H14O2S/c1-2-13(15)12-7-3-4-8-14(12)16-10-11-6-5-9-17-11/h3-9H,2,10H2,1H3. The van der Waals surface area contributed by atoms with E-state index >= 15 is 0 Å². The van der Waals surface area contributed by atoms with Gasteiger partial charge in [0.15, 0.2) is 5.78 Å². The van der Waals surface area contributed by atoms with E-state index in [1.54, 1.807) is 11.3 Å². The normalized spacial score (nSPS) is 10.2. The summed E-state index contributed by atoms with van der Waals surface area (Å²) in [7, 11) is 0. The zero-order valence-corrected chi connectivity index (χ0v) is 10.5. The number of benzene rings is 1. The molecule has 3 heteroatoms. The van der Waals surface area contributed by atoms with Gasteiger partial charge in [0.1, 0.15) is 12.4 Å². The second-order valence-corrected chi connectivity index (χ2v) is 4.67. The van der Waals surface area contributed by atoms with Crippen molar-refractivity contribution < 1.29 is 9.53 Å². The Labute approximate surface area is 105 Å². The van der Waals surface area contributed by atoms with Crippen molar-refractivity contribution in [3.8, 4) is 5.75 Å². The van der Waals surface area contributed by atoms with Crippen LogP contribution in [0.1, 0.15) is 28.6 Å². The molecular weight excluding hydrogens is 232 g/mol. The number of ether oxygens (including phenoxy) is 1. The summed E-state index contributed by atoms with van der Waals surface area (Å²) in [5.41, 5.74) is 0.673. The predicted octanol–water partition coefficient (Wildman–Crippen LogP) is 3.92. The molecule has 2 rings (SSSR count). The molecule has 1 aromatic heterocycles. The lowest BCUT2D eigenvalue weighted by molar-refractivity contribution is 0.0984. The van der Waals surface area contributed by atoms with Gasteiger partial charge in [-0.25, -0.2) is 0 Å². The molecule has 0 atom stereocenters. The van der Waals surface area contributed by atoms with E-state index in [0.29, 0.717) is 24.3 Å². The topological polar surface area (TPSA) is 26.3 Å². The molecule has 0 fully saturated rings. The maximum Gasteiger partial charge on any atom is 0.166 e. The van der Waals surface area contributed by atoms with Crippen molar-refractivity contribution in [2.75, 3.05) is 0 Å². The summed E-state index contributed by atoms with van der Waals surface area (Å²) in [5, 5.41) is 2.02. The van der Waals surface area contributed by atoms with E-state index in [-0.39, 0.29) is 5.78 Å². The molecule has 1 aromatic carbocycles.